The number of hydrogen-bond donors (Lipinski definition) is 3. The molecule has 1 aromatic rings. The van der Waals surface area contributed by atoms with Gasteiger partial charge in [-0.05, 0) is 19.9 Å². The van der Waals surface area contributed by atoms with Gasteiger partial charge >= 0.3 is 0 Å². The topological polar surface area (TPSA) is 88.4 Å². The molecule has 0 amide bonds. The summed E-state index contributed by atoms with van der Waals surface area (Å²) in [5.41, 5.74) is 6.07. The van der Waals surface area contributed by atoms with E-state index < -0.39 is 11.9 Å². The number of nitrogens with two attached hydrogens (primary N) is 2. The Morgan fingerprint density at radius 3 is 2.71 bits per heavy atom. The van der Waals surface area contributed by atoms with Gasteiger partial charge in [0, 0.05) is 11.9 Å². The first kappa shape index (κ1) is 13.7. The van der Waals surface area contributed by atoms with Crippen LogP contribution in [0.25, 0.3) is 0 Å². The van der Waals surface area contributed by atoms with Gasteiger partial charge in [-0.3, -0.25) is 5.01 Å². The van der Waals surface area contributed by atoms with Crippen LogP contribution in [0.2, 0.25) is 5.15 Å². The van der Waals surface area contributed by atoms with E-state index in [1.54, 1.807) is 6.92 Å². The quantitative estimate of drug-likeness (QED) is 0.431. The number of hydrogen-bond acceptors (Lipinski definition) is 5. The number of allylic oxidation sites excluding steroid dienone is 1. The van der Waals surface area contributed by atoms with Crippen molar-refractivity contribution >= 4 is 17.3 Å². The Balaban J connectivity index is 3.25. The maximum atomic E-state index is 13.7. The molecule has 0 saturated heterocycles. The van der Waals surface area contributed by atoms with E-state index in [1.165, 1.54) is 19.2 Å². The molecule has 0 aromatic carbocycles. The number of aliphatic hydroxyl groups is 1. The van der Waals surface area contributed by atoms with Gasteiger partial charge < -0.3 is 10.8 Å². The highest BCUT2D eigenvalue weighted by molar-refractivity contribution is 6.29. The molecule has 1 atom stereocenters. The van der Waals surface area contributed by atoms with Crippen LogP contribution in [0.1, 0.15) is 13.8 Å². The zero-order valence-electron chi connectivity index (χ0n) is 9.48. The highest BCUT2D eigenvalue weighted by Gasteiger charge is 2.20. The number of hydrazine groups is 1. The molecule has 1 aromatic heterocycles. The molecule has 5 N–H and O–H groups in total. The number of nitrogens with zero attached hydrogens (tertiary/aromatic N) is 2. The number of anilines is 1. The fraction of sp³-hybridized carbons (Fsp3) is 0.300. The summed E-state index contributed by atoms with van der Waals surface area (Å²) in [7, 11) is 0. The highest BCUT2D eigenvalue weighted by Crippen LogP contribution is 2.25. The second kappa shape index (κ2) is 5.31. The fourth-order valence-electron chi connectivity index (χ4n) is 1.45. The second-order valence-electron chi connectivity index (χ2n) is 3.55. The zero-order chi connectivity index (χ0) is 13.2. The molecule has 0 spiro atoms. The Bertz CT molecular complexity index is 446. The third-order valence-corrected chi connectivity index (χ3v) is 2.41. The van der Waals surface area contributed by atoms with Crippen molar-refractivity contribution < 1.29 is 9.50 Å². The van der Waals surface area contributed by atoms with Crippen LogP contribution in [0.3, 0.4) is 0 Å². The van der Waals surface area contributed by atoms with E-state index in [-0.39, 0.29) is 22.2 Å². The van der Waals surface area contributed by atoms with Crippen LogP contribution < -0.4 is 16.6 Å². The van der Waals surface area contributed by atoms with Crippen LogP contribution in [0.5, 0.6) is 0 Å². The summed E-state index contributed by atoms with van der Waals surface area (Å²) in [6.07, 6.45) is 0.378. The lowest BCUT2D eigenvalue weighted by Gasteiger charge is -2.25. The standard InChI is InChI=1S/C10H14ClFN4O/c1-5(13)9(6(2)17)16(14)7-3-4-15-10(11)8(7)12/h3-4,6,17H,13-14H2,1-2H3/b9-5-. The minimum absolute atomic E-state index is 0.00861. The number of rotatable bonds is 3. The molecule has 1 unspecified atom stereocenters. The average Bonchev–Trinajstić information content (AvgIpc) is 2.20. The van der Waals surface area contributed by atoms with Crippen molar-refractivity contribution in [3.05, 3.63) is 34.6 Å². The molecule has 0 radical (unpaired) electrons. The van der Waals surface area contributed by atoms with Gasteiger partial charge in [-0.2, -0.15) is 0 Å². The molecule has 0 saturated carbocycles. The van der Waals surface area contributed by atoms with Gasteiger partial charge in [-0.1, -0.05) is 11.6 Å². The molecule has 0 aliphatic carbocycles. The molecular formula is C10H14ClFN4O. The Morgan fingerprint density at radius 1 is 1.65 bits per heavy atom. The van der Waals surface area contributed by atoms with Gasteiger partial charge in [-0.25, -0.2) is 15.2 Å². The average molecular weight is 261 g/mol. The summed E-state index contributed by atoms with van der Waals surface area (Å²) in [6.45, 7) is 3.04. The molecule has 0 aliphatic rings. The summed E-state index contributed by atoms with van der Waals surface area (Å²) in [5, 5.41) is 10.2. The Labute approximate surface area is 103 Å². The van der Waals surface area contributed by atoms with Gasteiger partial charge in [0.05, 0.1) is 17.5 Å². The highest BCUT2D eigenvalue weighted by atomic mass is 35.5. The molecular weight excluding hydrogens is 247 g/mol. The molecule has 7 heteroatoms. The fourth-order valence-corrected chi connectivity index (χ4v) is 1.60. The number of halogens is 2. The molecule has 0 fully saturated rings. The predicted octanol–water partition coefficient (Wildman–Crippen LogP) is 1.13. The van der Waals surface area contributed by atoms with Crippen LogP contribution in [0, 0.1) is 5.82 Å². The molecule has 0 aliphatic heterocycles. The lowest BCUT2D eigenvalue weighted by atomic mass is 10.2. The molecule has 1 rings (SSSR count). The lowest BCUT2D eigenvalue weighted by Crippen LogP contribution is -2.37. The van der Waals surface area contributed by atoms with Crippen molar-refractivity contribution in [3.63, 3.8) is 0 Å². The van der Waals surface area contributed by atoms with Gasteiger partial charge in [0.15, 0.2) is 11.0 Å². The van der Waals surface area contributed by atoms with E-state index in [2.05, 4.69) is 4.98 Å². The lowest BCUT2D eigenvalue weighted by molar-refractivity contribution is 0.226. The maximum Gasteiger partial charge on any atom is 0.185 e. The van der Waals surface area contributed by atoms with E-state index in [0.717, 1.165) is 5.01 Å². The monoisotopic (exact) mass is 260 g/mol. The molecule has 94 valence electrons. The molecule has 1 heterocycles. The summed E-state index contributed by atoms with van der Waals surface area (Å²) >= 11 is 5.54. The largest absolute Gasteiger partial charge is 0.401 e. The zero-order valence-corrected chi connectivity index (χ0v) is 10.2. The van der Waals surface area contributed by atoms with E-state index in [1.807, 2.05) is 0 Å². The van der Waals surface area contributed by atoms with E-state index in [9.17, 15) is 9.50 Å². The van der Waals surface area contributed by atoms with Crippen molar-refractivity contribution in [1.82, 2.24) is 4.98 Å². The third-order valence-electron chi connectivity index (χ3n) is 2.15. The molecule has 0 bridgehead atoms. The Kier molecular flexibility index (Phi) is 4.28. The van der Waals surface area contributed by atoms with Gasteiger partial charge in [-0.15, -0.1) is 0 Å². The van der Waals surface area contributed by atoms with Crippen molar-refractivity contribution in [2.75, 3.05) is 5.01 Å². The van der Waals surface area contributed by atoms with E-state index in [0.29, 0.717) is 0 Å². The van der Waals surface area contributed by atoms with Gasteiger partial charge in [0.2, 0.25) is 0 Å². The number of pyridine rings is 1. The minimum Gasteiger partial charge on any atom is -0.401 e. The SMILES string of the molecule is C/C(N)=C(\C(C)O)N(N)c1ccnc(Cl)c1F. The summed E-state index contributed by atoms with van der Waals surface area (Å²) in [5.74, 6) is 4.95. The van der Waals surface area contributed by atoms with Crippen LogP contribution in [-0.2, 0) is 0 Å². The van der Waals surface area contributed by atoms with Crippen LogP contribution in [-0.4, -0.2) is 16.2 Å². The Morgan fingerprint density at radius 2 is 2.24 bits per heavy atom. The minimum atomic E-state index is -0.934. The number of aromatic nitrogens is 1. The summed E-state index contributed by atoms with van der Waals surface area (Å²) in [4.78, 5) is 3.57. The van der Waals surface area contributed by atoms with Crippen molar-refractivity contribution in [3.8, 4) is 0 Å². The predicted molar refractivity (Wildman–Crippen MR) is 64.4 cm³/mol. The van der Waals surface area contributed by atoms with Gasteiger partial charge in [0.25, 0.3) is 0 Å². The van der Waals surface area contributed by atoms with Crippen molar-refractivity contribution in [1.29, 1.82) is 0 Å². The molecule has 5 nitrogen and oxygen atoms in total. The van der Waals surface area contributed by atoms with E-state index >= 15 is 0 Å². The maximum absolute atomic E-state index is 13.7. The smallest absolute Gasteiger partial charge is 0.185 e. The third kappa shape index (κ3) is 2.85. The normalized spacial score (nSPS) is 14.2. The van der Waals surface area contributed by atoms with Gasteiger partial charge in [0.1, 0.15) is 0 Å². The number of aliphatic hydroxyl groups excluding tert-OH is 1. The first-order valence-electron chi connectivity index (χ1n) is 4.85. The van der Waals surface area contributed by atoms with Crippen LogP contribution >= 0.6 is 11.6 Å². The van der Waals surface area contributed by atoms with Crippen molar-refractivity contribution in [2.45, 2.75) is 20.0 Å². The second-order valence-corrected chi connectivity index (χ2v) is 3.91. The summed E-state index contributed by atoms with van der Waals surface area (Å²) < 4.78 is 13.7. The molecule has 17 heavy (non-hydrogen) atoms. The van der Waals surface area contributed by atoms with Crippen molar-refractivity contribution in [2.24, 2.45) is 11.6 Å². The first-order chi connectivity index (χ1) is 7.86. The van der Waals surface area contributed by atoms with Crippen LogP contribution in [0.15, 0.2) is 23.7 Å². The first-order valence-corrected chi connectivity index (χ1v) is 5.23. The van der Waals surface area contributed by atoms with E-state index in [4.69, 9.17) is 23.2 Å². The summed E-state index contributed by atoms with van der Waals surface area (Å²) in [6, 6.07) is 1.34. The Hall–Kier alpha value is -1.37. The van der Waals surface area contributed by atoms with Crippen LogP contribution in [0.4, 0.5) is 10.1 Å².